The van der Waals surface area contributed by atoms with Crippen LogP contribution in [0.3, 0.4) is 0 Å². The first-order valence-corrected chi connectivity index (χ1v) is 10.6. The molecule has 0 N–H and O–H groups in total. The van der Waals surface area contributed by atoms with Gasteiger partial charge in [-0.25, -0.2) is 12.8 Å². The second kappa shape index (κ2) is 8.33. The van der Waals surface area contributed by atoms with Crippen LogP contribution in [0.5, 0.6) is 0 Å². The predicted molar refractivity (Wildman–Crippen MR) is 105 cm³/mol. The third-order valence-corrected chi connectivity index (χ3v) is 6.66. The van der Waals surface area contributed by atoms with Gasteiger partial charge in [-0.3, -0.25) is 4.79 Å². The fourth-order valence-electron chi connectivity index (χ4n) is 2.77. The minimum absolute atomic E-state index is 0.196. The molecule has 1 heterocycles. The van der Waals surface area contributed by atoms with Gasteiger partial charge >= 0.3 is 0 Å². The smallest absolute Gasteiger partial charge is 0.246 e. The molecule has 5 nitrogen and oxygen atoms in total. The maximum atomic E-state index is 12.9. The maximum absolute atomic E-state index is 12.9. The number of hydrogen-bond donors (Lipinski definition) is 0. The molecule has 2 aromatic rings. The number of rotatable bonds is 4. The van der Waals surface area contributed by atoms with Crippen molar-refractivity contribution in [3.8, 4) is 0 Å². The molecule has 1 saturated heterocycles. The van der Waals surface area contributed by atoms with Gasteiger partial charge in [-0.2, -0.15) is 4.31 Å². The van der Waals surface area contributed by atoms with Crippen LogP contribution in [-0.4, -0.2) is 49.7 Å². The molecule has 1 aliphatic rings. The maximum Gasteiger partial charge on any atom is 0.246 e. The first kappa shape index (κ1) is 19.7. The van der Waals surface area contributed by atoms with E-state index < -0.39 is 10.0 Å². The number of amides is 1. The summed E-state index contributed by atoms with van der Waals surface area (Å²) in [5.41, 5.74) is 0.723. The summed E-state index contributed by atoms with van der Waals surface area (Å²) in [6, 6.07) is 12.4. The third-order valence-electron chi connectivity index (χ3n) is 4.27. The highest BCUT2D eigenvalue weighted by molar-refractivity contribution is 9.10. The molecule has 1 amide bonds. The Bertz CT molecular complexity index is 953. The van der Waals surface area contributed by atoms with Gasteiger partial charge in [0.15, 0.2) is 0 Å². The number of carbonyl (C=O) groups is 1. The van der Waals surface area contributed by atoms with Gasteiger partial charge in [0.05, 0.1) is 4.90 Å². The fourth-order valence-corrected chi connectivity index (χ4v) is 4.79. The molecule has 0 unspecified atom stereocenters. The van der Waals surface area contributed by atoms with E-state index in [1.807, 2.05) is 0 Å². The van der Waals surface area contributed by atoms with Crippen molar-refractivity contribution in [2.75, 3.05) is 26.2 Å². The topological polar surface area (TPSA) is 57.7 Å². The molecular weight excluding hydrogens is 435 g/mol. The second-order valence-electron chi connectivity index (χ2n) is 6.07. The van der Waals surface area contributed by atoms with E-state index in [2.05, 4.69) is 15.9 Å². The van der Waals surface area contributed by atoms with E-state index in [-0.39, 0.29) is 29.7 Å². The highest BCUT2D eigenvalue weighted by atomic mass is 79.9. The van der Waals surface area contributed by atoms with E-state index in [9.17, 15) is 17.6 Å². The Labute approximate surface area is 166 Å². The molecule has 0 spiro atoms. The zero-order valence-electron chi connectivity index (χ0n) is 14.4. The average molecular weight is 453 g/mol. The standard InChI is InChI=1S/C19H18BrFN2O3S/c20-16-2-1-3-18(14-16)27(25,26)23-12-10-22(11-13-23)19(24)9-6-15-4-7-17(21)8-5-15/h1-9,14H,10-13H2/b9-6+. The van der Waals surface area contributed by atoms with Crippen LogP contribution in [0.1, 0.15) is 5.56 Å². The Morgan fingerprint density at radius 3 is 2.33 bits per heavy atom. The molecule has 0 aromatic heterocycles. The molecular formula is C19H18BrFN2O3S. The largest absolute Gasteiger partial charge is 0.337 e. The van der Waals surface area contributed by atoms with E-state index in [1.54, 1.807) is 47.4 Å². The highest BCUT2D eigenvalue weighted by Gasteiger charge is 2.29. The lowest BCUT2D eigenvalue weighted by Crippen LogP contribution is -2.50. The number of sulfonamides is 1. The van der Waals surface area contributed by atoms with Crippen LogP contribution in [0, 0.1) is 5.82 Å². The van der Waals surface area contributed by atoms with Crippen molar-refractivity contribution in [2.24, 2.45) is 0 Å². The lowest BCUT2D eigenvalue weighted by Gasteiger charge is -2.33. The summed E-state index contributed by atoms with van der Waals surface area (Å²) in [5, 5.41) is 0. The van der Waals surface area contributed by atoms with Gasteiger partial charge in [-0.15, -0.1) is 0 Å². The minimum atomic E-state index is -3.58. The molecule has 0 atom stereocenters. The summed E-state index contributed by atoms with van der Waals surface area (Å²) >= 11 is 3.28. The lowest BCUT2D eigenvalue weighted by atomic mass is 10.2. The summed E-state index contributed by atoms with van der Waals surface area (Å²) in [5.74, 6) is -0.528. The Morgan fingerprint density at radius 1 is 1.04 bits per heavy atom. The van der Waals surface area contributed by atoms with Crippen molar-refractivity contribution in [1.29, 1.82) is 0 Å². The van der Waals surface area contributed by atoms with Crippen molar-refractivity contribution in [1.82, 2.24) is 9.21 Å². The molecule has 1 fully saturated rings. The number of carbonyl (C=O) groups excluding carboxylic acids is 1. The monoisotopic (exact) mass is 452 g/mol. The van der Waals surface area contributed by atoms with Crippen LogP contribution in [-0.2, 0) is 14.8 Å². The van der Waals surface area contributed by atoms with Gasteiger partial charge in [0, 0.05) is 36.7 Å². The van der Waals surface area contributed by atoms with Crippen molar-refractivity contribution in [3.63, 3.8) is 0 Å². The fraction of sp³-hybridized carbons (Fsp3) is 0.211. The SMILES string of the molecule is O=C(/C=C/c1ccc(F)cc1)N1CCN(S(=O)(=O)c2cccc(Br)c2)CC1. The lowest BCUT2D eigenvalue weighted by molar-refractivity contribution is -0.127. The number of piperazine rings is 1. The molecule has 3 rings (SSSR count). The van der Waals surface area contributed by atoms with E-state index >= 15 is 0 Å². The van der Waals surface area contributed by atoms with Crippen LogP contribution in [0.25, 0.3) is 6.08 Å². The minimum Gasteiger partial charge on any atom is -0.337 e. The Hall–Kier alpha value is -2.03. The van der Waals surface area contributed by atoms with E-state index in [4.69, 9.17) is 0 Å². The summed E-state index contributed by atoms with van der Waals surface area (Å²) in [7, 11) is -3.58. The Morgan fingerprint density at radius 2 is 1.70 bits per heavy atom. The molecule has 27 heavy (non-hydrogen) atoms. The predicted octanol–water partition coefficient (Wildman–Crippen LogP) is 3.13. The normalized spacial score (nSPS) is 16.0. The summed E-state index contributed by atoms with van der Waals surface area (Å²) in [6.45, 7) is 1.12. The molecule has 8 heteroatoms. The first-order valence-electron chi connectivity index (χ1n) is 8.34. The molecule has 0 radical (unpaired) electrons. The number of nitrogens with zero attached hydrogens (tertiary/aromatic N) is 2. The number of halogens is 2. The van der Waals surface area contributed by atoms with Gasteiger partial charge in [0.1, 0.15) is 5.82 Å². The van der Waals surface area contributed by atoms with Crippen LogP contribution < -0.4 is 0 Å². The van der Waals surface area contributed by atoms with Crippen molar-refractivity contribution < 1.29 is 17.6 Å². The average Bonchev–Trinajstić information content (AvgIpc) is 2.67. The van der Waals surface area contributed by atoms with Gasteiger partial charge in [0.25, 0.3) is 0 Å². The van der Waals surface area contributed by atoms with E-state index in [0.717, 1.165) is 5.56 Å². The van der Waals surface area contributed by atoms with Crippen molar-refractivity contribution >= 4 is 37.9 Å². The van der Waals surface area contributed by atoms with Crippen LogP contribution in [0.4, 0.5) is 4.39 Å². The van der Waals surface area contributed by atoms with Crippen LogP contribution in [0.2, 0.25) is 0 Å². The third kappa shape index (κ3) is 4.82. The quantitative estimate of drug-likeness (QED) is 0.669. The van der Waals surface area contributed by atoms with Gasteiger partial charge in [0.2, 0.25) is 15.9 Å². The summed E-state index contributed by atoms with van der Waals surface area (Å²) in [4.78, 5) is 14.1. The van der Waals surface area contributed by atoms with Gasteiger partial charge < -0.3 is 4.90 Å². The molecule has 1 aliphatic heterocycles. The first-order chi connectivity index (χ1) is 12.9. The molecule has 142 valence electrons. The van der Waals surface area contributed by atoms with Crippen molar-refractivity contribution in [3.05, 3.63) is 70.5 Å². The number of benzene rings is 2. The zero-order valence-corrected chi connectivity index (χ0v) is 16.8. The molecule has 0 saturated carbocycles. The molecule has 0 aliphatic carbocycles. The molecule has 2 aromatic carbocycles. The van der Waals surface area contributed by atoms with Gasteiger partial charge in [-0.05, 0) is 42.0 Å². The summed E-state index contributed by atoms with van der Waals surface area (Å²) in [6.07, 6.45) is 3.04. The van der Waals surface area contributed by atoms with E-state index in [1.165, 1.54) is 22.5 Å². The summed E-state index contributed by atoms with van der Waals surface area (Å²) < 4.78 is 40.4. The van der Waals surface area contributed by atoms with Gasteiger partial charge in [-0.1, -0.05) is 34.1 Å². The Balaban J connectivity index is 1.61. The highest BCUT2D eigenvalue weighted by Crippen LogP contribution is 2.21. The van der Waals surface area contributed by atoms with Crippen LogP contribution >= 0.6 is 15.9 Å². The number of hydrogen-bond acceptors (Lipinski definition) is 3. The molecule has 0 bridgehead atoms. The Kier molecular flexibility index (Phi) is 6.08. The van der Waals surface area contributed by atoms with Crippen LogP contribution in [0.15, 0.2) is 64.0 Å². The van der Waals surface area contributed by atoms with Crippen molar-refractivity contribution in [2.45, 2.75) is 4.90 Å². The second-order valence-corrected chi connectivity index (χ2v) is 8.93. The zero-order chi connectivity index (χ0) is 19.4. The van der Waals surface area contributed by atoms with E-state index in [0.29, 0.717) is 17.6 Å².